The number of nitrogens with two attached hydrogens (primary N) is 1. The topological polar surface area (TPSA) is 93.9 Å². The minimum atomic E-state index is -1.59. The molecule has 5 nitrogen and oxygen atoms in total. The Balaban J connectivity index is 2.01. The molecule has 2 aromatic carbocycles. The molecule has 2 N–H and O–H groups in total. The fourth-order valence-electron chi connectivity index (χ4n) is 4.40. The highest BCUT2D eigenvalue weighted by Crippen LogP contribution is 2.59. The lowest BCUT2D eigenvalue weighted by Crippen LogP contribution is -2.41. The Labute approximate surface area is 169 Å². The lowest BCUT2D eigenvalue weighted by Gasteiger charge is -2.34. The first-order chi connectivity index (χ1) is 13.4. The number of benzene rings is 2. The zero-order valence-electron chi connectivity index (χ0n) is 14.5. The van der Waals surface area contributed by atoms with Gasteiger partial charge in [0.05, 0.1) is 22.7 Å². The van der Waals surface area contributed by atoms with Crippen molar-refractivity contribution in [2.45, 2.75) is 18.0 Å². The van der Waals surface area contributed by atoms with Crippen LogP contribution < -0.4 is 5.73 Å². The van der Waals surface area contributed by atoms with Gasteiger partial charge in [0, 0.05) is 12.1 Å². The number of rotatable bonds is 2. The van der Waals surface area contributed by atoms with Crippen LogP contribution in [0.2, 0.25) is 0 Å². The summed E-state index contributed by atoms with van der Waals surface area (Å²) in [7, 11) is 0. The minimum absolute atomic E-state index is 0.193. The van der Waals surface area contributed by atoms with Crippen LogP contribution in [0.4, 0.5) is 4.39 Å². The molecule has 2 aliphatic heterocycles. The molecule has 4 rings (SSSR count). The maximum Gasteiger partial charge on any atom is 0.240 e. The Morgan fingerprint density at radius 2 is 1.93 bits per heavy atom. The van der Waals surface area contributed by atoms with Crippen LogP contribution in [0.15, 0.2) is 53.1 Å². The SMILES string of the molecule is N#CC1(C#N)[C@H](c2ccc(F)c(Br)c2)[C@@H](C(N)=O)N2C=Cc3ccccc3[C@@H]21. The highest BCUT2D eigenvalue weighted by atomic mass is 79.9. The third-order valence-electron chi connectivity index (χ3n) is 5.54. The largest absolute Gasteiger partial charge is 0.368 e. The van der Waals surface area contributed by atoms with Crippen LogP contribution in [0.25, 0.3) is 6.08 Å². The van der Waals surface area contributed by atoms with Crippen molar-refractivity contribution < 1.29 is 9.18 Å². The number of nitrogens with zero attached hydrogens (tertiary/aromatic N) is 3. The van der Waals surface area contributed by atoms with Gasteiger partial charge in [-0.1, -0.05) is 30.3 Å². The summed E-state index contributed by atoms with van der Waals surface area (Å²) in [6.45, 7) is 0. The van der Waals surface area contributed by atoms with Crippen molar-refractivity contribution in [2.24, 2.45) is 11.1 Å². The highest BCUT2D eigenvalue weighted by molar-refractivity contribution is 9.10. The molecule has 3 atom stereocenters. The van der Waals surface area contributed by atoms with Crippen LogP contribution in [0.3, 0.4) is 0 Å². The van der Waals surface area contributed by atoms with Gasteiger partial charge in [-0.25, -0.2) is 4.39 Å². The normalized spacial score (nSPS) is 24.0. The van der Waals surface area contributed by atoms with Gasteiger partial charge in [0.25, 0.3) is 0 Å². The molecule has 0 saturated carbocycles. The third kappa shape index (κ3) is 2.37. The van der Waals surface area contributed by atoms with E-state index in [1.807, 2.05) is 30.3 Å². The van der Waals surface area contributed by atoms with E-state index in [9.17, 15) is 19.7 Å². The van der Waals surface area contributed by atoms with Crippen LogP contribution >= 0.6 is 15.9 Å². The molecule has 0 unspecified atom stereocenters. The fourth-order valence-corrected chi connectivity index (χ4v) is 4.79. The first-order valence-electron chi connectivity index (χ1n) is 8.56. The van der Waals surface area contributed by atoms with E-state index < -0.39 is 35.1 Å². The molecule has 7 heteroatoms. The van der Waals surface area contributed by atoms with Gasteiger partial charge >= 0.3 is 0 Å². The van der Waals surface area contributed by atoms with Crippen LogP contribution in [-0.2, 0) is 4.79 Å². The Morgan fingerprint density at radius 1 is 1.21 bits per heavy atom. The molecule has 0 aromatic heterocycles. The number of carbonyl (C=O) groups excluding carboxylic acids is 1. The Morgan fingerprint density at radius 3 is 2.57 bits per heavy atom. The second-order valence-electron chi connectivity index (χ2n) is 6.89. The highest BCUT2D eigenvalue weighted by Gasteiger charge is 2.63. The van der Waals surface area contributed by atoms with E-state index in [1.54, 1.807) is 11.1 Å². The van der Waals surface area contributed by atoms with Crippen LogP contribution in [0.5, 0.6) is 0 Å². The Kier molecular flexibility index (Phi) is 4.21. The van der Waals surface area contributed by atoms with Gasteiger partial charge in [-0.3, -0.25) is 4.79 Å². The van der Waals surface area contributed by atoms with Crippen molar-refractivity contribution in [1.29, 1.82) is 10.5 Å². The molecule has 0 radical (unpaired) electrons. The number of hydrogen-bond donors (Lipinski definition) is 1. The molecule has 138 valence electrons. The molecule has 0 spiro atoms. The van der Waals surface area contributed by atoms with E-state index in [1.165, 1.54) is 18.2 Å². The van der Waals surface area contributed by atoms with Crippen molar-refractivity contribution in [3.05, 3.63) is 75.6 Å². The lowest BCUT2D eigenvalue weighted by molar-refractivity contribution is -0.122. The predicted octanol–water partition coefficient (Wildman–Crippen LogP) is 3.60. The number of amides is 1. The average molecular weight is 437 g/mol. The maximum atomic E-state index is 13.8. The molecule has 0 bridgehead atoms. The number of fused-ring (bicyclic) bond motifs is 3. The van der Waals surface area contributed by atoms with E-state index in [-0.39, 0.29) is 4.47 Å². The lowest BCUT2D eigenvalue weighted by atomic mass is 9.68. The summed E-state index contributed by atoms with van der Waals surface area (Å²) in [6, 6.07) is 14.5. The van der Waals surface area contributed by atoms with Gasteiger partial charge in [-0.15, -0.1) is 0 Å². The second-order valence-corrected chi connectivity index (χ2v) is 7.74. The molecule has 28 heavy (non-hydrogen) atoms. The van der Waals surface area contributed by atoms with E-state index in [2.05, 4.69) is 28.1 Å². The summed E-state index contributed by atoms with van der Waals surface area (Å²) in [5, 5.41) is 20.4. The van der Waals surface area contributed by atoms with E-state index >= 15 is 0 Å². The Bertz CT molecular complexity index is 1090. The average Bonchev–Trinajstić information content (AvgIpc) is 3.01. The minimum Gasteiger partial charge on any atom is -0.368 e. The van der Waals surface area contributed by atoms with Gasteiger partial charge in [-0.2, -0.15) is 10.5 Å². The Hall–Kier alpha value is -3.16. The number of primary amides is 1. The standard InChI is InChI=1S/C21H14BrFN4O/c22-15-9-13(5-6-16(15)23)17-18(20(26)28)27-8-7-12-3-1-2-4-14(12)19(27)21(17,10-24)11-25/h1-9,17-19H,(H2,26,28)/t17-,18+,19-/m1/s1. The van der Waals surface area contributed by atoms with Gasteiger partial charge in [0.1, 0.15) is 11.9 Å². The zero-order valence-corrected chi connectivity index (χ0v) is 16.1. The van der Waals surface area contributed by atoms with E-state index in [0.29, 0.717) is 5.56 Å². The summed E-state index contributed by atoms with van der Waals surface area (Å²) in [6.07, 6.45) is 3.55. The molecule has 2 aliphatic rings. The van der Waals surface area contributed by atoms with E-state index in [0.717, 1.165) is 11.1 Å². The van der Waals surface area contributed by atoms with Gasteiger partial charge in [0.2, 0.25) is 5.91 Å². The van der Waals surface area contributed by atoms with Gasteiger partial charge in [0.15, 0.2) is 5.41 Å². The molecular weight excluding hydrogens is 423 g/mol. The predicted molar refractivity (Wildman–Crippen MR) is 104 cm³/mol. The molecule has 2 aromatic rings. The number of halogens is 2. The summed E-state index contributed by atoms with van der Waals surface area (Å²) < 4.78 is 14.0. The smallest absolute Gasteiger partial charge is 0.240 e. The van der Waals surface area contributed by atoms with E-state index in [4.69, 9.17) is 5.73 Å². The van der Waals surface area contributed by atoms with Crippen molar-refractivity contribution >= 4 is 27.9 Å². The van der Waals surface area contributed by atoms with Crippen molar-refractivity contribution in [3.8, 4) is 12.1 Å². The quantitative estimate of drug-likeness (QED) is 0.777. The summed E-state index contributed by atoms with van der Waals surface area (Å²) in [5.41, 5.74) is 6.30. The molecule has 2 heterocycles. The monoisotopic (exact) mass is 436 g/mol. The maximum absolute atomic E-state index is 13.8. The number of nitriles is 2. The van der Waals surface area contributed by atoms with Crippen LogP contribution in [-0.4, -0.2) is 16.8 Å². The van der Waals surface area contributed by atoms with Crippen LogP contribution in [0, 0.1) is 33.9 Å². The molecule has 0 aliphatic carbocycles. The third-order valence-corrected chi connectivity index (χ3v) is 6.15. The first-order valence-corrected chi connectivity index (χ1v) is 9.35. The molecule has 1 fully saturated rings. The molecule has 1 saturated heterocycles. The molecule has 1 amide bonds. The number of hydrogen-bond acceptors (Lipinski definition) is 4. The van der Waals surface area contributed by atoms with Crippen molar-refractivity contribution in [1.82, 2.24) is 4.90 Å². The zero-order chi connectivity index (χ0) is 20.1. The first kappa shape index (κ1) is 18.2. The second kappa shape index (κ2) is 6.47. The van der Waals surface area contributed by atoms with Gasteiger partial charge < -0.3 is 10.6 Å². The van der Waals surface area contributed by atoms with Gasteiger partial charge in [-0.05, 0) is 50.8 Å². The summed E-state index contributed by atoms with van der Waals surface area (Å²) in [4.78, 5) is 14.2. The van der Waals surface area contributed by atoms with Crippen molar-refractivity contribution in [3.63, 3.8) is 0 Å². The number of carbonyl (C=O) groups is 1. The fraction of sp³-hybridized carbons (Fsp3) is 0.190. The summed E-state index contributed by atoms with van der Waals surface area (Å²) >= 11 is 3.15. The van der Waals surface area contributed by atoms with Crippen LogP contribution in [0.1, 0.15) is 28.7 Å². The van der Waals surface area contributed by atoms with Crippen molar-refractivity contribution in [2.75, 3.05) is 0 Å². The molecular formula is C21H14BrFN4O. The summed E-state index contributed by atoms with van der Waals surface area (Å²) in [5.74, 6) is -1.97.